The number of rotatable bonds is 3. The third kappa shape index (κ3) is 3.15. The Hall–Kier alpha value is -2.62. The molecule has 0 aliphatic carbocycles. The standard InChI is InChI=1S/C22H16BrClFN3O/c1-12(2)27-19(23)10-16-21(27)20(14-5-3-13(11-26)4-6-14)28(22(16)29)15-7-8-18(25)17(24)9-15/h3-10,12,20H,1-2H3. The highest BCUT2D eigenvalue weighted by Crippen LogP contribution is 2.45. The molecule has 4 nitrogen and oxygen atoms in total. The van der Waals surface area contributed by atoms with Crippen LogP contribution in [0.5, 0.6) is 0 Å². The van der Waals surface area contributed by atoms with Gasteiger partial charge in [0.25, 0.3) is 5.91 Å². The molecular weight excluding hydrogens is 457 g/mol. The van der Waals surface area contributed by atoms with Crippen LogP contribution in [0, 0.1) is 17.1 Å². The van der Waals surface area contributed by atoms with E-state index in [0.717, 1.165) is 15.9 Å². The molecule has 4 rings (SSSR count). The van der Waals surface area contributed by atoms with E-state index in [1.54, 1.807) is 23.1 Å². The lowest BCUT2D eigenvalue weighted by Crippen LogP contribution is -2.30. The van der Waals surface area contributed by atoms with E-state index in [4.69, 9.17) is 16.9 Å². The van der Waals surface area contributed by atoms with Crippen LogP contribution in [0.2, 0.25) is 5.02 Å². The minimum absolute atomic E-state index is 0.0432. The quantitative estimate of drug-likeness (QED) is 0.453. The van der Waals surface area contributed by atoms with Crippen molar-refractivity contribution in [1.29, 1.82) is 5.26 Å². The molecule has 0 N–H and O–H groups in total. The van der Waals surface area contributed by atoms with Crippen LogP contribution in [0.15, 0.2) is 53.1 Å². The predicted octanol–water partition coefficient (Wildman–Crippen LogP) is 6.25. The molecule has 2 heterocycles. The largest absolute Gasteiger partial charge is 0.334 e. The van der Waals surface area contributed by atoms with Gasteiger partial charge in [0.2, 0.25) is 0 Å². The second-order valence-corrected chi connectivity index (χ2v) is 8.36. The molecule has 0 spiro atoms. The Bertz CT molecular complexity index is 1160. The van der Waals surface area contributed by atoms with Gasteiger partial charge in [0, 0.05) is 11.7 Å². The van der Waals surface area contributed by atoms with Crippen LogP contribution in [0.3, 0.4) is 0 Å². The number of carbonyl (C=O) groups excluding carboxylic acids is 1. The third-order valence-electron chi connectivity index (χ3n) is 5.05. The summed E-state index contributed by atoms with van der Waals surface area (Å²) in [5, 5.41) is 9.08. The highest BCUT2D eigenvalue weighted by molar-refractivity contribution is 9.10. The van der Waals surface area contributed by atoms with Crippen LogP contribution >= 0.6 is 27.5 Å². The maximum atomic E-state index is 13.7. The zero-order chi connectivity index (χ0) is 20.9. The molecule has 7 heteroatoms. The van der Waals surface area contributed by atoms with Gasteiger partial charge in [-0.05, 0) is 71.7 Å². The van der Waals surface area contributed by atoms with Gasteiger partial charge >= 0.3 is 0 Å². The van der Waals surface area contributed by atoms with Gasteiger partial charge in [-0.15, -0.1) is 0 Å². The van der Waals surface area contributed by atoms with Crippen molar-refractivity contribution in [3.63, 3.8) is 0 Å². The highest BCUT2D eigenvalue weighted by atomic mass is 79.9. The fourth-order valence-corrected chi connectivity index (χ4v) is 4.80. The number of nitriles is 1. The Balaban J connectivity index is 1.95. The molecule has 1 aromatic heterocycles. The molecule has 146 valence electrons. The van der Waals surface area contributed by atoms with Crippen LogP contribution < -0.4 is 4.90 Å². The van der Waals surface area contributed by atoms with E-state index >= 15 is 0 Å². The van der Waals surface area contributed by atoms with E-state index in [1.165, 1.54) is 12.1 Å². The van der Waals surface area contributed by atoms with Crippen LogP contribution in [-0.2, 0) is 0 Å². The van der Waals surface area contributed by atoms with Gasteiger partial charge < -0.3 is 4.57 Å². The number of hydrogen-bond donors (Lipinski definition) is 0. The number of anilines is 1. The monoisotopic (exact) mass is 471 g/mol. The first-order chi connectivity index (χ1) is 13.8. The third-order valence-corrected chi connectivity index (χ3v) is 5.95. The van der Waals surface area contributed by atoms with Gasteiger partial charge in [0.15, 0.2) is 0 Å². The van der Waals surface area contributed by atoms with Crippen LogP contribution in [-0.4, -0.2) is 10.5 Å². The van der Waals surface area contributed by atoms with E-state index in [0.29, 0.717) is 16.8 Å². The summed E-state index contributed by atoms with van der Waals surface area (Å²) in [5.74, 6) is -0.721. The predicted molar refractivity (Wildman–Crippen MR) is 114 cm³/mol. The Morgan fingerprint density at radius 1 is 1.17 bits per heavy atom. The SMILES string of the molecule is CC(C)n1c(Br)cc2c1C(c1ccc(C#N)cc1)N(c1ccc(F)c(Cl)c1)C2=O. The lowest BCUT2D eigenvalue weighted by atomic mass is 10.0. The first-order valence-corrected chi connectivity index (χ1v) is 10.2. The summed E-state index contributed by atoms with van der Waals surface area (Å²) < 4.78 is 16.6. The Morgan fingerprint density at radius 3 is 2.45 bits per heavy atom. The zero-order valence-electron chi connectivity index (χ0n) is 15.7. The number of aromatic nitrogens is 1. The maximum absolute atomic E-state index is 13.7. The maximum Gasteiger partial charge on any atom is 0.261 e. The summed E-state index contributed by atoms with van der Waals surface area (Å²) in [5.41, 5.74) is 3.33. The van der Waals surface area contributed by atoms with E-state index in [2.05, 4.69) is 26.6 Å². The van der Waals surface area contributed by atoms with E-state index in [-0.39, 0.29) is 17.0 Å². The van der Waals surface area contributed by atoms with Crippen molar-refractivity contribution in [2.24, 2.45) is 0 Å². The van der Waals surface area contributed by atoms with Crippen molar-refractivity contribution < 1.29 is 9.18 Å². The normalized spacial score (nSPS) is 15.7. The minimum atomic E-state index is -0.538. The molecule has 3 aromatic rings. The van der Waals surface area contributed by atoms with Crippen LogP contribution in [0.1, 0.15) is 53.1 Å². The summed E-state index contributed by atoms with van der Waals surface area (Å²) in [6.45, 7) is 4.09. The average Bonchev–Trinajstić information content (AvgIpc) is 3.17. The fraction of sp³-hybridized carbons (Fsp3) is 0.182. The number of nitrogens with zero attached hydrogens (tertiary/aromatic N) is 3. The molecule has 0 saturated carbocycles. The molecule has 0 radical (unpaired) electrons. The molecule has 0 saturated heterocycles. The molecular formula is C22H16BrClFN3O. The molecule has 2 aromatic carbocycles. The van der Waals surface area contributed by atoms with Crippen LogP contribution in [0.25, 0.3) is 0 Å². The Morgan fingerprint density at radius 2 is 1.86 bits per heavy atom. The topological polar surface area (TPSA) is 49.0 Å². The van der Waals surface area contributed by atoms with E-state index in [9.17, 15) is 9.18 Å². The lowest BCUT2D eigenvalue weighted by Gasteiger charge is -2.28. The van der Waals surface area contributed by atoms with Crippen molar-refractivity contribution in [3.8, 4) is 6.07 Å². The zero-order valence-corrected chi connectivity index (χ0v) is 18.0. The summed E-state index contributed by atoms with van der Waals surface area (Å²) >= 11 is 9.57. The lowest BCUT2D eigenvalue weighted by molar-refractivity contribution is 0.0993. The molecule has 1 amide bonds. The van der Waals surface area contributed by atoms with Crippen molar-refractivity contribution >= 4 is 39.1 Å². The number of fused-ring (bicyclic) bond motifs is 1. The number of halogens is 3. The molecule has 1 aliphatic heterocycles. The summed E-state index contributed by atoms with van der Waals surface area (Å²) in [7, 11) is 0. The molecule has 0 fully saturated rings. The number of carbonyl (C=O) groups is 1. The Kier molecular flexibility index (Phi) is 4.97. The van der Waals surface area contributed by atoms with Crippen molar-refractivity contribution in [3.05, 3.63) is 86.4 Å². The van der Waals surface area contributed by atoms with Crippen molar-refractivity contribution in [2.75, 3.05) is 4.90 Å². The second-order valence-electron chi connectivity index (χ2n) is 7.14. The van der Waals surface area contributed by atoms with Gasteiger partial charge in [0.05, 0.1) is 32.5 Å². The summed E-state index contributed by atoms with van der Waals surface area (Å²) in [6, 6.07) is 15.0. The Labute approximate surface area is 181 Å². The van der Waals surface area contributed by atoms with E-state index < -0.39 is 11.9 Å². The summed E-state index contributed by atoms with van der Waals surface area (Å²) in [4.78, 5) is 15.0. The summed E-state index contributed by atoms with van der Waals surface area (Å²) in [6.07, 6.45) is 0. The smallest absolute Gasteiger partial charge is 0.261 e. The average molecular weight is 473 g/mol. The molecule has 1 atom stereocenters. The molecule has 1 aliphatic rings. The van der Waals surface area contributed by atoms with Gasteiger partial charge in [-0.3, -0.25) is 9.69 Å². The van der Waals surface area contributed by atoms with Crippen molar-refractivity contribution in [2.45, 2.75) is 25.9 Å². The van der Waals surface area contributed by atoms with E-state index in [1.807, 2.05) is 32.0 Å². The first-order valence-electron chi connectivity index (χ1n) is 9.02. The van der Waals surface area contributed by atoms with Gasteiger partial charge in [-0.25, -0.2) is 4.39 Å². The number of hydrogen-bond acceptors (Lipinski definition) is 2. The molecule has 1 unspecified atom stereocenters. The highest BCUT2D eigenvalue weighted by Gasteiger charge is 2.42. The van der Waals surface area contributed by atoms with Crippen LogP contribution in [0.4, 0.5) is 10.1 Å². The van der Waals surface area contributed by atoms with Gasteiger partial charge in [-0.2, -0.15) is 5.26 Å². The second kappa shape index (κ2) is 7.33. The fourth-order valence-electron chi connectivity index (χ4n) is 3.80. The number of benzene rings is 2. The first kappa shape index (κ1) is 19.7. The van der Waals surface area contributed by atoms with Crippen molar-refractivity contribution in [1.82, 2.24) is 4.57 Å². The molecule has 0 bridgehead atoms. The van der Waals surface area contributed by atoms with Gasteiger partial charge in [0.1, 0.15) is 11.9 Å². The number of amides is 1. The minimum Gasteiger partial charge on any atom is -0.334 e. The van der Waals surface area contributed by atoms with Gasteiger partial charge in [-0.1, -0.05) is 23.7 Å². The molecule has 29 heavy (non-hydrogen) atoms.